The molecule has 2 rings (SSSR count). The molecule has 0 aliphatic heterocycles. The molecule has 0 saturated heterocycles. The number of nitrogens with zero attached hydrogens (tertiary/aromatic N) is 2. The van der Waals surface area contributed by atoms with Crippen molar-refractivity contribution in [3.8, 4) is 0 Å². The normalized spacial score (nSPS) is 31.7. The first-order valence-corrected chi connectivity index (χ1v) is 7.08. The first-order valence-electron chi connectivity index (χ1n) is 5.43. The Labute approximate surface area is 99.0 Å². The Morgan fingerprint density at radius 3 is 3.13 bits per heavy atom. The van der Waals surface area contributed by atoms with E-state index in [1.54, 1.807) is 6.33 Å². The van der Waals surface area contributed by atoms with Gasteiger partial charge in [-0.3, -0.25) is 0 Å². The number of aromatic nitrogens is 2. The smallest absolute Gasteiger partial charge is 0.170 e. The van der Waals surface area contributed by atoms with Gasteiger partial charge in [0.05, 0.1) is 0 Å². The molecule has 1 saturated carbocycles. The van der Waals surface area contributed by atoms with Crippen LogP contribution in [0.25, 0.3) is 0 Å². The largest absolute Gasteiger partial charge is 0.330 e. The molecule has 3 nitrogen and oxygen atoms in total. The molecule has 3 unspecified atom stereocenters. The van der Waals surface area contributed by atoms with Gasteiger partial charge in [-0.1, -0.05) is 25.1 Å². The van der Waals surface area contributed by atoms with Crippen LogP contribution in [0.15, 0.2) is 10.7 Å². The lowest BCUT2D eigenvalue weighted by molar-refractivity contribution is 0.306. The van der Waals surface area contributed by atoms with E-state index in [0.717, 1.165) is 16.8 Å². The Kier molecular flexibility index (Phi) is 3.99. The van der Waals surface area contributed by atoms with E-state index in [1.807, 2.05) is 11.8 Å². The van der Waals surface area contributed by atoms with Gasteiger partial charge in [-0.25, -0.2) is 4.98 Å². The van der Waals surface area contributed by atoms with E-state index in [2.05, 4.69) is 16.3 Å². The second kappa shape index (κ2) is 5.27. The van der Waals surface area contributed by atoms with Crippen LogP contribution in [0.3, 0.4) is 0 Å². The summed E-state index contributed by atoms with van der Waals surface area (Å²) in [4.78, 5) is 4.23. The molecule has 84 valence electrons. The van der Waals surface area contributed by atoms with Crippen LogP contribution in [0, 0.1) is 11.8 Å². The van der Waals surface area contributed by atoms with Gasteiger partial charge < -0.3 is 5.73 Å². The molecule has 1 aromatic heterocycles. The summed E-state index contributed by atoms with van der Waals surface area (Å²) < 4.78 is 5.13. The molecule has 1 fully saturated rings. The minimum Gasteiger partial charge on any atom is -0.330 e. The maximum absolute atomic E-state index is 5.82. The predicted molar refractivity (Wildman–Crippen MR) is 65.1 cm³/mol. The molecule has 0 radical (unpaired) electrons. The third kappa shape index (κ3) is 2.92. The minimum atomic E-state index is 0.645. The average molecular weight is 243 g/mol. The van der Waals surface area contributed by atoms with Crippen LogP contribution in [0.2, 0.25) is 0 Å². The van der Waals surface area contributed by atoms with Crippen molar-refractivity contribution in [2.24, 2.45) is 17.6 Å². The van der Waals surface area contributed by atoms with Crippen molar-refractivity contribution < 1.29 is 0 Å². The van der Waals surface area contributed by atoms with E-state index in [9.17, 15) is 0 Å². The van der Waals surface area contributed by atoms with Gasteiger partial charge in [0.1, 0.15) is 6.33 Å². The third-order valence-electron chi connectivity index (χ3n) is 3.09. The fraction of sp³-hybridized carbons (Fsp3) is 0.800. The number of nitrogens with two attached hydrogens (primary N) is 1. The molecule has 5 heteroatoms. The van der Waals surface area contributed by atoms with Crippen LogP contribution in [-0.2, 0) is 0 Å². The Morgan fingerprint density at radius 1 is 1.60 bits per heavy atom. The van der Waals surface area contributed by atoms with Crippen LogP contribution >= 0.6 is 23.3 Å². The highest BCUT2D eigenvalue weighted by Crippen LogP contribution is 2.39. The van der Waals surface area contributed by atoms with E-state index >= 15 is 0 Å². The van der Waals surface area contributed by atoms with Gasteiger partial charge in [0.25, 0.3) is 0 Å². The Morgan fingerprint density at radius 2 is 2.47 bits per heavy atom. The quantitative estimate of drug-likeness (QED) is 0.885. The Hall–Kier alpha value is -0.130. The van der Waals surface area contributed by atoms with Crippen LogP contribution < -0.4 is 5.73 Å². The summed E-state index contributed by atoms with van der Waals surface area (Å²) in [5.74, 6) is 1.49. The second-order valence-electron chi connectivity index (χ2n) is 4.28. The summed E-state index contributed by atoms with van der Waals surface area (Å²) in [6, 6.07) is 0. The Balaban J connectivity index is 1.98. The molecule has 15 heavy (non-hydrogen) atoms. The monoisotopic (exact) mass is 243 g/mol. The molecule has 0 amide bonds. The first kappa shape index (κ1) is 11.4. The summed E-state index contributed by atoms with van der Waals surface area (Å²) in [6.45, 7) is 3.14. The van der Waals surface area contributed by atoms with Gasteiger partial charge in [0.15, 0.2) is 4.34 Å². The lowest BCUT2D eigenvalue weighted by Crippen LogP contribution is -2.31. The summed E-state index contributed by atoms with van der Waals surface area (Å²) in [5.41, 5.74) is 5.82. The van der Waals surface area contributed by atoms with Crippen molar-refractivity contribution in [3.05, 3.63) is 6.33 Å². The van der Waals surface area contributed by atoms with Crippen LogP contribution in [0.5, 0.6) is 0 Å². The van der Waals surface area contributed by atoms with Gasteiger partial charge in [0, 0.05) is 5.25 Å². The van der Waals surface area contributed by atoms with Crippen molar-refractivity contribution in [1.82, 2.24) is 9.36 Å². The van der Waals surface area contributed by atoms with Crippen molar-refractivity contribution in [2.75, 3.05) is 6.54 Å². The summed E-state index contributed by atoms with van der Waals surface area (Å²) in [7, 11) is 0. The maximum Gasteiger partial charge on any atom is 0.170 e. The molecule has 2 N–H and O–H groups in total. The molecule has 1 aliphatic rings. The molecule has 1 heterocycles. The first-order chi connectivity index (χ1) is 7.29. The van der Waals surface area contributed by atoms with Crippen molar-refractivity contribution in [1.29, 1.82) is 0 Å². The van der Waals surface area contributed by atoms with E-state index in [4.69, 9.17) is 5.73 Å². The van der Waals surface area contributed by atoms with Gasteiger partial charge in [-0.15, -0.1) is 0 Å². The average Bonchev–Trinajstić information content (AvgIpc) is 2.71. The number of hydrogen-bond acceptors (Lipinski definition) is 5. The molecular formula is C10H17N3S2. The molecule has 0 spiro atoms. The highest BCUT2D eigenvalue weighted by molar-refractivity contribution is 8.01. The molecular weight excluding hydrogens is 226 g/mol. The van der Waals surface area contributed by atoms with Gasteiger partial charge in [-0.05, 0) is 42.8 Å². The van der Waals surface area contributed by atoms with Crippen LogP contribution in [0.1, 0.15) is 26.2 Å². The molecule has 0 bridgehead atoms. The predicted octanol–water partition coefficient (Wildman–Crippen LogP) is 2.39. The lowest BCUT2D eigenvalue weighted by atomic mass is 9.82. The standard InChI is InChI=1S/C10H17N3S2/c1-7-2-3-8(5-11)9(4-7)14-10-12-6-13-15-10/h6-9H,2-5,11H2,1H3. The number of rotatable bonds is 3. The fourth-order valence-electron chi connectivity index (χ4n) is 2.15. The summed E-state index contributed by atoms with van der Waals surface area (Å²) in [6.07, 6.45) is 5.51. The van der Waals surface area contributed by atoms with Crippen LogP contribution in [0.4, 0.5) is 0 Å². The van der Waals surface area contributed by atoms with Crippen molar-refractivity contribution in [3.63, 3.8) is 0 Å². The maximum atomic E-state index is 5.82. The molecule has 1 aliphatic carbocycles. The number of thioether (sulfide) groups is 1. The van der Waals surface area contributed by atoms with Gasteiger partial charge in [0.2, 0.25) is 0 Å². The number of hydrogen-bond donors (Lipinski definition) is 1. The van der Waals surface area contributed by atoms with Crippen LogP contribution in [-0.4, -0.2) is 21.2 Å². The SMILES string of the molecule is CC1CCC(CN)C(Sc2ncns2)C1. The van der Waals surface area contributed by atoms with E-state index in [0.29, 0.717) is 11.2 Å². The molecule has 3 atom stereocenters. The van der Waals surface area contributed by atoms with Crippen molar-refractivity contribution in [2.45, 2.75) is 35.8 Å². The lowest BCUT2D eigenvalue weighted by Gasteiger charge is -2.33. The van der Waals surface area contributed by atoms with Crippen molar-refractivity contribution >= 4 is 23.3 Å². The summed E-state index contributed by atoms with van der Waals surface area (Å²) in [5, 5.41) is 0.645. The Bertz CT molecular complexity index is 289. The van der Waals surface area contributed by atoms with E-state index in [1.165, 1.54) is 30.8 Å². The van der Waals surface area contributed by atoms with Gasteiger partial charge in [-0.2, -0.15) is 4.37 Å². The minimum absolute atomic E-state index is 0.645. The highest BCUT2D eigenvalue weighted by Gasteiger charge is 2.29. The van der Waals surface area contributed by atoms with E-state index in [-0.39, 0.29) is 0 Å². The highest BCUT2D eigenvalue weighted by atomic mass is 32.2. The summed E-state index contributed by atoms with van der Waals surface area (Å²) >= 11 is 3.36. The fourth-order valence-corrected chi connectivity index (χ4v) is 4.33. The third-order valence-corrected chi connectivity index (χ3v) is 5.25. The second-order valence-corrected chi connectivity index (χ2v) is 6.54. The van der Waals surface area contributed by atoms with E-state index < -0.39 is 0 Å². The zero-order valence-electron chi connectivity index (χ0n) is 8.93. The van der Waals surface area contributed by atoms with Gasteiger partial charge >= 0.3 is 0 Å². The topological polar surface area (TPSA) is 51.8 Å². The zero-order valence-corrected chi connectivity index (χ0v) is 10.6. The zero-order chi connectivity index (χ0) is 10.7. The molecule has 1 aromatic rings. The molecule has 0 aromatic carbocycles.